The number of ether oxygens (including phenoxy) is 1. The number of nitrogens with zero attached hydrogens (tertiary/aromatic N) is 7. The highest BCUT2D eigenvalue weighted by Crippen LogP contribution is 2.29. The van der Waals surface area contributed by atoms with Crippen molar-refractivity contribution in [2.45, 2.75) is 71.2 Å². The van der Waals surface area contributed by atoms with Crippen molar-refractivity contribution in [2.24, 2.45) is 15.0 Å². The van der Waals surface area contributed by atoms with E-state index in [4.69, 9.17) is 14.7 Å². The van der Waals surface area contributed by atoms with Crippen molar-refractivity contribution < 1.29 is 4.74 Å². The molecule has 0 bridgehead atoms. The first-order valence-corrected chi connectivity index (χ1v) is 12.7. The summed E-state index contributed by atoms with van der Waals surface area (Å²) in [6.07, 6.45) is 5.28. The van der Waals surface area contributed by atoms with E-state index < -0.39 is 0 Å². The van der Waals surface area contributed by atoms with Crippen LogP contribution in [0.3, 0.4) is 0 Å². The topological polar surface area (TPSA) is 90.6 Å². The fourth-order valence-electron chi connectivity index (χ4n) is 4.76. The molecular formula is C27H36N8O. The number of benzene rings is 1. The van der Waals surface area contributed by atoms with Crippen LogP contribution in [-0.2, 0) is 5.41 Å². The first kappa shape index (κ1) is 24.2. The van der Waals surface area contributed by atoms with Gasteiger partial charge in [-0.05, 0) is 36.5 Å². The maximum absolute atomic E-state index is 6.11. The van der Waals surface area contributed by atoms with Crippen molar-refractivity contribution >= 4 is 23.8 Å². The quantitative estimate of drug-likeness (QED) is 0.707. The van der Waals surface area contributed by atoms with E-state index in [2.05, 4.69) is 76.0 Å². The first-order valence-electron chi connectivity index (χ1n) is 12.7. The summed E-state index contributed by atoms with van der Waals surface area (Å²) in [6.45, 7) is 12.3. The summed E-state index contributed by atoms with van der Waals surface area (Å²) in [6, 6.07) is 8.41. The molecule has 1 saturated heterocycles. The van der Waals surface area contributed by atoms with Crippen LogP contribution in [0.1, 0.15) is 50.6 Å². The molecule has 2 atom stereocenters. The van der Waals surface area contributed by atoms with E-state index in [1.54, 1.807) is 6.20 Å². The number of aryl methyl sites for hydroxylation is 2. The lowest BCUT2D eigenvalue weighted by Crippen LogP contribution is -2.50. The monoisotopic (exact) mass is 488 g/mol. The molecule has 9 nitrogen and oxygen atoms in total. The minimum Gasteiger partial charge on any atom is -0.474 e. The van der Waals surface area contributed by atoms with E-state index in [0.29, 0.717) is 5.88 Å². The summed E-state index contributed by atoms with van der Waals surface area (Å²) >= 11 is 0. The predicted octanol–water partition coefficient (Wildman–Crippen LogP) is 3.78. The van der Waals surface area contributed by atoms with Crippen LogP contribution in [0, 0.1) is 13.8 Å². The molecule has 0 saturated carbocycles. The van der Waals surface area contributed by atoms with Gasteiger partial charge in [0, 0.05) is 50.9 Å². The molecule has 190 valence electrons. The lowest BCUT2D eigenvalue weighted by Gasteiger charge is -2.36. The standard InChI is InChI=1S/C27H36N8O/c1-17-7-8-19(27(3,4)5)15-21(17)31-25-23-24(29-16-34(23)6)32-26(33-25)35-13-10-20(11-14-35)36-22-9-12-28-18(2)30-22/h7-9,12,15-16,20,23-24H,10-11,13-14H2,1-6H3,(H,31,32,33). The van der Waals surface area contributed by atoms with Gasteiger partial charge in [-0.25, -0.2) is 15.0 Å². The average molecular weight is 489 g/mol. The molecule has 1 aromatic carbocycles. The summed E-state index contributed by atoms with van der Waals surface area (Å²) in [5.41, 5.74) is 3.62. The molecule has 4 heterocycles. The van der Waals surface area contributed by atoms with Crippen molar-refractivity contribution in [1.82, 2.24) is 19.8 Å². The molecule has 1 fully saturated rings. The number of nitrogens with one attached hydrogen (secondary N) is 1. The molecule has 0 aliphatic carbocycles. The number of fused-ring (bicyclic) bond motifs is 1. The van der Waals surface area contributed by atoms with Gasteiger partial charge in [-0.1, -0.05) is 32.9 Å². The molecule has 0 amide bonds. The molecule has 2 aromatic rings. The van der Waals surface area contributed by atoms with Crippen LogP contribution in [0.25, 0.3) is 0 Å². The Morgan fingerprint density at radius 2 is 1.86 bits per heavy atom. The number of amidine groups is 1. The highest BCUT2D eigenvalue weighted by molar-refractivity contribution is 6.09. The highest BCUT2D eigenvalue weighted by Gasteiger charge is 2.38. The normalized spacial score (nSPS) is 22.3. The molecular weight excluding hydrogens is 452 g/mol. The second kappa shape index (κ2) is 9.52. The Hall–Kier alpha value is -3.49. The number of likely N-dealkylation sites (N-methyl/N-ethyl adjacent to an activating group) is 1. The van der Waals surface area contributed by atoms with Gasteiger partial charge in [-0.3, -0.25) is 0 Å². The third-order valence-electron chi connectivity index (χ3n) is 7.00. The van der Waals surface area contributed by atoms with Crippen LogP contribution in [0.15, 0.2) is 45.4 Å². The SMILES string of the molecule is Cc1nccc(OC2CCN(C3=NC4N=CN(C)C4C(Nc4cc(C(C)(C)C)ccc4C)=N3)CC2)n1. The van der Waals surface area contributed by atoms with Crippen LogP contribution >= 0.6 is 0 Å². The van der Waals surface area contributed by atoms with E-state index in [1.807, 2.05) is 26.4 Å². The van der Waals surface area contributed by atoms with Gasteiger partial charge in [0.2, 0.25) is 11.8 Å². The third kappa shape index (κ3) is 5.05. The Morgan fingerprint density at radius 3 is 2.58 bits per heavy atom. The number of piperidine rings is 1. The minimum atomic E-state index is -0.200. The molecule has 0 spiro atoms. The molecule has 1 aromatic heterocycles. The zero-order valence-corrected chi connectivity index (χ0v) is 22.1. The first-order chi connectivity index (χ1) is 17.2. The smallest absolute Gasteiger partial charge is 0.224 e. The van der Waals surface area contributed by atoms with Crippen LogP contribution in [0.4, 0.5) is 5.69 Å². The maximum atomic E-state index is 6.11. The number of hydrogen-bond acceptors (Lipinski definition) is 9. The molecule has 1 N–H and O–H groups in total. The number of hydrogen-bond donors (Lipinski definition) is 1. The van der Waals surface area contributed by atoms with Crippen molar-refractivity contribution in [2.75, 3.05) is 25.5 Å². The lowest BCUT2D eigenvalue weighted by atomic mass is 9.86. The van der Waals surface area contributed by atoms with Gasteiger partial charge in [0.15, 0.2) is 6.17 Å². The van der Waals surface area contributed by atoms with Gasteiger partial charge < -0.3 is 19.9 Å². The van der Waals surface area contributed by atoms with Gasteiger partial charge >= 0.3 is 0 Å². The van der Waals surface area contributed by atoms with Gasteiger partial charge in [0.05, 0.1) is 6.34 Å². The Kier molecular flexibility index (Phi) is 6.40. The Balaban J connectivity index is 1.33. The van der Waals surface area contributed by atoms with Gasteiger partial charge in [-0.15, -0.1) is 0 Å². The van der Waals surface area contributed by atoms with E-state index in [1.165, 1.54) is 11.1 Å². The van der Waals surface area contributed by atoms with E-state index in [-0.39, 0.29) is 23.7 Å². The van der Waals surface area contributed by atoms with E-state index >= 15 is 0 Å². The fourth-order valence-corrected chi connectivity index (χ4v) is 4.76. The van der Waals surface area contributed by atoms with Crippen molar-refractivity contribution in [3.63, 3.8) is 0 Å². The minimum absolute atomic E-state index is 0.0340. The summed E-state index contributed by atoms with van der Waals surface area (Å²) in [7, 11) is 2.03. The number of guanidine groups is 1. The van der Waals surface area contributed by atoms with Gasteiger partial charge in [0.1, 0.15) is 23.8 Å². The number of rotatable bonds is 3. The van der Waals surface area contributed by atoms with Gasteiger partial charge in [0.25, 0.3) is 0 Å². The maximum Gasteiger partial charge on any atom is 0.224 e. The highest BCUT2D eigenvalue weighted by atomic mass is 16.5. The van der Waals surface area contributed by atoms with E-state index in [9.17, 15) is 0 Å². The Labute approximate surface area is 213 Å². The summed E-state index contributed by atoms with van der Waals surface area (Å²) in [5, 5.41) is 3.66. The predicted molar refractivity (Wildman–Crippen MR) is 144 cm³/mol. The second-order valence-corrected chi connectivity index (χ2v) is 10.9. The van der Waals surface area contributed by atoms with E-state index in [0.717, 1.165) is 49.2 Å². The molecule has 0 radical (unpaired) electrons. The van der Waals surface area contributed by atoms with Crippen LogP contribution < -0.4 is 10.1 Å². The molecule has 9 heteroatoms. The number of anilines is 1. The number of aromatic nitrogens is 2. The fraction of sp³-hybridized carbons (Fsp3) is 0.519. The lowest BCUT2D eigenvalue weighted by molar-refractivity contribution is 0.125. The second-order valence-electron chi connectivity index (χ2n) is 10.9. The van der Waals surface area contributed by atoms with Gasteiger partial charge in [-0.2, -0.15) is 9.98 Å². The number of likely N-dealkylation sites (tertiary alicyclic amines) is 1. The molecule has 2 unspecified atom stereocenters. The molecule has 36 heavy (non-hydrogen) atoms. The molecule has 5 rings (SSSR count). The third-order valence-corrected chi connectivity index (χ3v) is 7.00. The largest absolute Gasteiger partial charge is 0.474 e. The Bertz CT molecular complexity index is 1210. The average Bonchev–Trinajstić information content (AvgIpc) is 3.21. The zero-order chi connectivity index (χ0) is 25.4. The molecule has 3 aliphatic rings. The van der Waals surface area contributed by atoms with Crippen LogP contribution in [0.2, 0.25) is 0 Å². The van der Waals surface area contributed by atoms with Crippen LogP contribution in [-0.4, -0.2) is 76.4 Å². The number of aliphatic imine (C=N–C) groups is 3. The van der Waals surface area contributed by atoms with Crippen molar-refractivity contribution in [1.29, 1.82) is 0 Å². The summed E-state index contributed by atoms with van der Waals surface area (Å²) in [4.78, 5) is 27.5. The summed E-state index contributed by atoms with van der Waals surface area (Å²) in [5.74, 6) is 2.98. The Morgan fingerprint density at radius 1 is 1.08 bits per heavy atom. The summed E-state index contributed by atoms with van der Waals surface area (Å²) < 4.78 is 6.11. The zero-order valence-electron chi connectivity index (χ0n) is 22.1. The van der Waals surface area contributed by atoms with Crippen molar-refractivity contribution in [3.05, 3.63) is 47.4 Å². The van der Waals surface area contributed by atoms with Crippen molar-refractivity contribution in [3.8, 4) is 5.88 Å². The molecule has 3 aliphatic heterocycles. The van der Waals surface area contributed by atoms with Crippen LogP contribution in [0.5, 0.6) is 5.88 Å².